The number of nitrogens with zero attached hydrogens (tertiary/aromatic N) is 4. The molecular weight excluding hydrogens is 257 g/mol. The Hall–Kier alpha value is -2.24. The Morgan fingerprint density at radius 3 is 2.65 bits per heavy atom. The van der Waals surface area contributed by atoms with Gasteiger partial charge in [-0.3, -0.25) is 4.98 Å². The molecule has 1 saturated heterocycles. The Kier molecular flexibility index (Phi) is 3.22. The van der Waals surface area contributed by atoms with Crippen molar-refractivity contribution >= 4 is 12.4 Å². The Morgan fingerprint density at radius 2 is 2.10 bits per heavy atom. The first kappa shape index (κ1) is 12.8. The third-order valence-electron chi connectivity index (χ3n) is 3.55. The van der Waals surface area contributed by atoms with Gasteiger partial charge >= 0.3 is 0 Å². The second kappa shape index (κ2) is 5.03. The van der Waals surface area contributed by atoms with Gasteiger partial charge < -0.3 is 9.88 Å². The molecule has 3 rings (SSSR count). The monoisotopic (exact) mass is 274 g/mol. The number of aromatic nitrogens is 3. The minimum absolute atomic E-state index is 0.428. The lowest BCUT2D eigenvalue weighted by atomic mass is 10.2. The second-order valence-electron chi connectivity index (χ2n) is 5.01. The van der Waals surface area contributed by atoms with Crippen LogP contribution in [-0.2, 0) is 0 Å². The zero-order chi connectivity index (χ0) is 14.1. The number of halogens is 1. The average molecular weight is 274 g/mol. The van der Waals surface area contributed by atoms with Crippen molar-refractivity contribution in [2.45, 2.75) is 6.92 Å². The highest BCUT2D eigenvalue weighted by molar-refractivity contribution is 5.55. The summed E-state index contributed by atoms with van der Waals surface area (Å²) in [6, 6.07) is 3.86. The van der Waals surface area contributed by atoms with Crippen molar-refractivity contribution in [3.8, 4) is 11.5 Å². The van der Waals surface area contributed by atoms with Crippen LogP contribution in [0.3, 0.4) is 0 Å². The molecule has 2 aromatic heterocycles. The molecule has 0 atom stereocenters. The third kappa shape index (κ3) is 2.41. The second-order valence-corrected chi connectivity index (χ2v) is 5.01. The standard InChI is InChI=1S/C14H17FN5/c1-10-13(15)18-14(17-10)12-4-3-11(9-16-12)20-7-5-19(2)6-8-20/h3-4,9H,2,5-8H2,1H3,(H,17,18)/q+1. The van der Waals surface area contributed by atoms with Gasteiger partial charge in [-0.1, -0.05) is 0 Å². The summed E-state index contributed by atoms with van der Waals surface area (Å²) < 4.78 is 15.3. The van der Waals surface area contributed by atoms with Crippen LogP contribution in [0.25, 0.3) is 11.5 Å². The van der Waals surface area contributed by atoms with E-state index in [2.05, 4.69) is 31.1 Å². The van der Waals surface area contributed by atoms with Crippen molar-refractivity contribution in [3.05, 3.63) is 30.0 Å². The van der Waals surface area contributed by atoms with Crippen LogP contribution in [0.15, 0.2) is 18.3 Å². The predicted octanol–water partition coefficient (Wildman–Crippen LogP) is 1.45. The van der Waals surface area contributed by atoms with Gasteiger partial charge in [-0.25, -0.2) is 4.58 Å². The number of imidazole rings is 1. The number of aromatic amines is 1. The van der Waals surface area contributed by atoms with Crippen LogP contribution >= 0.6 is 0 Å². The summed E-state index contributed by atoms with van der Waals surface area (Å²) in [5.74, 6) is -0.00780. The Morgan fingerprint density at radius 1 is 1.35 bits per heavy atom. The lowest BCUT2D eigenvalue weighted by molar-refractivity contribution is -0.521. The molecule has 1 aliphatic rings. The van der Waals surface area contributed by atoms with E-state index in [1.807, 2.05) is 18.3 Å². The van der Waals surface area contributed by atoms with Crippen LogP contribution in [0, 0.1) is 12.9 Å². The SMILES string of the molecule is C=[N+]1CCN(c2ccc(-c3nc(F)c(C)[nH]3)nc2)CC1. The molecule has 0 aliphatic carbocycles. The highest BCUT2D eigenvalue weighted by atomic mass is 19.1. The van der Waals surface area contributed by atoms with E-state index in [9.17, 15) is 4.39 Å². The van der Waals surface area contributed by atoms with Gasteiger partial charge in [0.2, 0.25) is 5.95 Å². The van der Waals surface area contributed by atoms with E-state index in [4.69, 9.17) is 0 Å². The fraction of sp³-hybridized carbons (Fsp3) is 0.357. The van der Waals surface area contributed by atoms with Gasteiger partial charge in [-0.15, -0.1) is 0 Å². The summed E-state index contributed by atoms with van der Waals surface area (Å²) in [4.78, 5) is 13.3. The molecule has 0 amide bonds. The number of anilines is 1. The van der Waals surface area contributed by atoms with Crippen molar-refractivity contribution < 1.29 is 8.97 Å². The summed E-state index contributed by atoms with van der Waals surface area (Å²) in [5.41, 5.74) is 2.15. The lowest BCUT2D eigenvalue weighted by Gasteiger charge is -2.26. The maximum atomic E-state index is 13.2. The summed E-state index contributed by atoms with van der Waals surface area (Å²) >= 11 is 0. The molecule has 1 aliphatic heterocycles. The van der Waals surface area contributed by atoms with E-state index in [0.29, 0.717) is 17.2 Å². The number of aryl methyl sites for hydroxylation is 1. The lowest BCUT2D eigenvalue weighted by Crippen LogP contribution is -2.41. The number of piperazine rings is 1. The molecule has 0 radical (unpaired) electrons. The fourth-order valence-corrected chi connectivity index (χ4v) is 2.28. The zero-order valence-corrected chi connectivity index (χ0v) is 11.4. The van der Waals surface area contributed by atoms with Crippen LogP contribution in [0.2, 0.25) is 0 Å². The number of nitrogens with one attached hydrogen (secondary N) is 1. The molecule has 0 bridgehead atoms. The molecule has 0 unspecified atom stereocenters. The highest BCUT2D eigenvalue weighted by Crippen LogP contribution is 2.19. The van der Waals surface area contributed by atoms with E-state index >= 15 is 0 Å². The minimum Gasteiger partial charge on any atom is -0.358 e. The average Bonchev–Trinajstić information content (AvgIpc) is 2.80. The quantitative estimate of drug-likeness (QED) is 0.843. The van der Waals surface area contributed by atoms with Crippen molar-refractivity contribution in [3.63, 3.8) is 0 Å². The number of pyridine rings is 1. The summed E-state index contributed by atoms with van der Waals surface area (Å²) in [7, 11) is 0. The molecule has 3 heterocycles. The molecule has 1 fully saturated rings. The molecule has 1 N–H and O–H groups in total. The normalized spacial score (nSPS) is 15.7. The largest absolute Gasteiger partial charge is 0.358 e. The third-order valence-corrected chi connectivity index (χ3v) is 3.55. The molecule has 104 valence electrons. The van der Waals surface area contributed by atoms with E-state index in [0.717, 1.165) is 31.9 Å². The molecule has 0 aromatic carbocycles. The van der Waals surface area contributed by atoms with Crippen molar-refractivity contribution in [2.24, 2.45) is 0 Å². The van der Waals surface area contributed by atoms with E-state index in [-0.39, 0.29) is 0 Å². The Labute approximate surface area is 116 Å². The first-order valence-corrected chi connectivity index (χ1v) is 6.62. The van der Waals surface area contributed by atoms with Crippen LogP contribution in [0.4, 0.5) is 10.1 Å². The summed E-state index contributed by atoms with van der Waals surface area (Å²) in [6.45, 7) is 9.37. The summed E-state index contributed by atoms with van der Waals surface area (Å²) in [6.07, 6.45) is 1.81. The predicted molar refractivity (Wildman–Crippen MR) is 75.8 cm³/mol. The summed E-state index contributed by atoms with van der Waals surface area (Å²) in [5, 5.41) is 0. The van der Waals surface area contributed by atoms with Crippen molar-refractivity contribution in [2.75, 3.05) is 31.1 Å². The molecular formula is C14H17FN5+. The van der Waals surface area contributed by atoms with E-state index < -0.39 is 5.95 Å². The highest BCUT2D eigenvalue weighted by Gasteiger charge is 2.17. The number of hydrogen-bond donors (Lipinski definition) is 1. The fourth-order valence-electron chi connectivity index (χ4n) is 2.28. The van der Waals surface area contributed by atoms with Gasteiger partial charge in [0.15, 0.2) is 18.9 Å². The molecule has 6 heteroatoms. The number of rotatable bonds is 2. The maximum absolute atomic E-state index is 13.2. The van der Waals surface area contributed by atoms with Crippen LogP contribution < -0.4 is 4.90 Å². The molecule has 5 nitrogen and oxygen atoms in total. The zero-order valence-electron chi connectivity index (χ0n) is 11.4. The number of H-pyrrole nitrogens is 1. The topological polar surface area (TPSA) is 47.8 Å². The van der Waals surface area contributed by atoms with Crippen molar-refractivity contribution in [1.82, 2.24) is 15.0 Å². The van der Waals surface area contributed by atoms with Gasteiger partial charge in [0.1, 0.15) is 12.4 Å². The Balaban J connectivity index is 1.79. The number of hydrogen-bond acceptors (Lipinski definition) is 3. The molecule has 0 saturated carbocycles. The molecule has 0 spiro atoms. The molecule has 2 aromatic rings. The van der Waals surface area contributed by atoms with Crippen LogP contribution in [0.1, 0.15) is 5.69 Å². The minimum atomic E-state index is -0.475. The Bertz CT molecular complexity index is 602. The molecule has 20 heavy (non-hydrogen) atoms. The van der Waals surface area contributed by atoms with Gasteiger partial charge in [-0.2, -0.15) is 9.37 Å². The maximum Gasteiger partial charge on any atom is 0.234 e. The smallest absolute Gasteiger partial charge is 0.234 e. The van der Waals surface area contributed by atoms with Gasteiger partial charge in [0.25, 0.3) is 0 Å². The van der Waals surface area contributed by atoms with Gasteiger partial charge in [-0.05, 0) is 19.1 Å². The van der Waals surface area contributed by atoms with E-state index in [1.54, 1.807) is 6.92 Å². The van der Waals surface area contributed by atoms with Crippen molar-refractivity contribution in [1.29, 1.82) is 0 Å². The first-order valence-electron chi connectivity index (χ1n) is 6.62. The first-order chi connectivity index (χ1) is 9.63. The van der Waals surface area contributed by atoms with E-state index in [1.165, 1.54) is 0 Å². The van der Waals surface area contributed by atoms with Gasteiger partial charge in [0, 0.05) is 0 Å². The van der Waals surface area contributed by atoms with Crippen LogP contribution in [0.5, 0.6) is 0 Å². The van der Waals surface area contributed by atoms with Gasteiger partial charge in [0.05, 0.1) is 30.7 Å². The van der Waals surface area contributed by atoms with Crippen LogP contribution in [-0.4, -0.2) is 52.4 Å².